The molecule has 0 aromatic heterocycles. The fraction of sp³-hybridized carbons (Fsp3) is 0.391. The second kappa shape index (κ2) is 12.5. The molecule has 1 aliphatic rings. The Morgan fingerprint density at radius 1 is 1.10 bits per heavy atom. The quantitative estimate of drug-likeness (QED) is 0.297. The highest BCUT2D eigenvalue weighted by Gasteiger charge is 2.29. The molecule has 1 saturated heterocycles. The van der Waals surface area contributed by atoms with E-state index < -0.39 is 0 Å². The van der Waals surface area contributed by atoms with Gasteiger partial charge in [0.15, 0.2) is 5.96 Å². The number of anilines is 1. The highest BCUT2D eigenvalue weighted by molar-refractivity contribution is 14.0. The summed E-state index contributed by atoms with van der Waals surface area (Å²) < 4.78 is 0. The van der Waals surface area contributed by atoms with Crippen molar-refractivity contribution in [2.45, 2.75) is 38.9 Å². The molecule has 1 aliphatic heterocycles. The average molecular weight is 521 g/mol. The molecule has 3 rings (SSSR count). The molecule has 162 valence electrons. The van der Waals surface area contributed by atoms with Crippen molar-refractivity contribution >= 4 is 41.5 Å². The zero-order chi connectivity index (χ0) is 20.5. The van der Waals surface area contributed by atoms with Gasteiger partial charge in [-0.1, -0.05) is 48.5 Å². The van der Waals surface area contributed by atoms with E-state index in [1.165, 1.54) is 5.56 Å². The van der Waals surface area contributed by atoms with Gasteiger partial charge in [-0.2, -0.15) is 0 Å². The lowest BCUT2D eigenvalue weighted by molar-refractivity contribution is -0.114. The van der Waals surface area contributed by atoms with Gasteiger partial charge in [0.25, 0.3) is 0 Å². The number of benzene rings is 2. The lowest BCUT2D eigenvalue weighted by Gasteiger charge is -2.21. The van der Waals surface area contributed by atoms with Crippen molar-refractivity contribution in [3.8, 4) is 0 Å². The molecule has 2 aromatic rings. The van der Waals surface area contributed by atoms with Crippen LogP contribution in [0.25, 0.3) is 0 Å². The SMILES string of the molecule is CCNC(=NCC(=O)Nc1ccccc1)NC1CC(C)N(Cc2ccccc2)C1.I. The van der Waals surface area contributed by atoms with Gasteiger partial charge in [-0.05, 0) is 38.0 Å². The maximum Gasteiger partial charge on any atom is 0.246 e. The summed E-state index contributed by atoms with van der Waals surface area (Å²) in [7, 11) is 0. The molecule has 30 heavy (non-hydrogen) atoms. The molecule has 6 nitrogen and oxygen atoms in total. The highest BCUT2D eigenvalue weighted by Crippen LogP contribution is 2.20. The van der Waals surface area contributed by atoms with Crippen molar-refractivity contribution in [3.63, 3.8) is 0 Å². The molecule has 7 heteroatoms. The summed E-state index contributed by atoms with van der Waals surface area (Å²) >= 11 is 0. The number of nitrogens with one attached hydrogen (secondary N) is 3. The zero-order valence-corrected chi connectivity index (χ0v) is 20.0. The highest BCUT2D eigenvalue weighted by atomic mass is 127. The predicted octanol–water partition coefficient (Wildman–Crippen LogP) is 3.46. The lowest BCUT2D eigenvalue weighted by Crippen LogP contribution is -2.45. The summed E-state index contributed by atoms with van der Waals surface area (Å²) in [4.78, 5) is 19.1. The molecule has 1 heterocycles. The minimum absolute atomic E-state index is 0. The Morgan fingerprint density at radius 2 is 1.77 bits per heavy atom. The van der Waals surface area contributed by atoms with Crippen molar-refractivity contribution in [2.24, 2.45) is 4.99 Å². The van der Waals surface area contributed by atoms with Gasteiger partial charge in [-0.15, -0.1) is 24.0 Å². The standard InChI is InChI=1S/C23H31N5O.HI/c1-3-24-23(25-15-22(29)26-20-12-8-5-9-13-20)27-21-14-18(2)28(17-21)16-19-10-6-4-7-11-19;/h4-13,18,21H,3,14-17H2,1-2H3,(H,26,29)(H2,24,25,27);1H. The Bertz CT molecular complexity index is 800. The van der Waals surface area contributed by atoms with Crippen LogP contribution in [-0.4, -0.2) is 48.5 Å². The summed E-state index contributed by atoms with van der Waals surface area (Å²) in [6, 6.07) is 20.8. The normalized spacial score (nSPS) is 19.1. The molecule has 2 atom stereocenters. The molecule has 2 unspecified atom stereocenters. The smallest absolute Gasteiger partial charge is 0.246 e. The molecule has 2 aromatic carbocycles. The van der Waals surface area contributed by atoms with E-state index in [1.54, 1.807) is 0 Å². The number of likely N-dealkylation sites (tertiary alicyclic amines) is 1. The van der Waals surface area contributed by atoms with Crippen LogP contribution in [0.3, 0.4) is 0 Å². The van der Waals surface area contributed by atoms with E-state index in [9.17, 15) is 4.79 Å². The summed E-state index contributed by atoms with van der Waals surface area (Å²) in [5.41, 5.74) is 2.12. The zero-order valence-electron chi connectivity index (χ0n) is 17.7. The Balaban J connectivity index is 0.00000320. The molecule has 0 saturated carbocycles. The Labute approximate surface area is 196 Å². The van der Waals surface area contributed by atoms with Crippen LogP contribution in [0.5, 0.6) is 0 Å². The number of hydrogen-bond acceptors (Lipinski definition) is 3. The fourth-order valence-electron chi connectivity index (χ4n) is 3.63. The van der Waals surface area contributed by atoms with Crippen LogP contribution in [0.1, 0.15) is 25.8 Å². The molecule has 0 bridgehead atoms. The summed E-state index contributed by atoms with van der Waals surface area (Å²) in [5, 5.41) is 9.61. The van der Waals surface area contributed by atoms with Crippen LogP contribution >= 0.6 is 24.0 Å². The Hall–Kier alpha value is -2.13. The fourth-order valence-corrected chi connectivity index (χ4v) is 3.63. The molecule has 3 N–H and O–H groups in total. The Kier molecular flexibility index (Phi) is 10.1. The van der Waals surface area contributed by atoms with E-state index >= 15 is 0 Å². The van der Waals surface area contributed by atoms with Crippen molar-refractivity contribution in [1.29, 1.82) is 0 Å². The van der Waals surface area contributed by atoms with Crippen LogP contribution in [0.15, 0.2) is 65.7 Å². The van der Waals surface area contributed by atoms with Crippen LogP contribution in [0.4, 0.5) is 5.69 Å². The topological polar surface area (TPSA) is 68.8 Å². The first kappa shape index (κ1) is 24.1. The van der Waals surface area contributed by atoms with Gasteiger partial charge < -0.3 is 16.0 Å². The summed E-state index contributed by atoms with van der Waals surface area (Å²) in [6.45, 7) is 7.04. The largest absolute Gasteiger partial charge is 0.357 e. The molecular weight excluding hydrogens is 489 g/mol. The van der Waals surface area contributed by atoms with E-state index in [2.05, 4.69) is 57.0 Å². The molecular formula is C23H32IN5O. The molecule has 0 aliphatic carbocycles. The van der Waals surface area contributed by atoms with Gasteiger partial charge in [-0.25, -0.2) is 4.99 Å². The van der Waals surface area contributed by atoms with Gasteiger partial charge in [0.1, 0.15) is 6.54 Å². The maximum absolute atomic E-state index is 12.2. The van der Waals surface area contributed by atoms with Crippen molar-refractivity contribution < 1.29 is 4.79 Å². The number of aliphatic imine (C=N–C) groups is 1. The third-order valence-corrected chi connectivity index (χ3v) is 5.06. The first-order valence-electron chi connectivity index (χ1n) is 10.3. The van der Waals surface area contributed by atoms with Crippen molar-refractivity contribution in [1.82, 2.24) is 15.5 Å². The van der Waals surface area contributed by atoms with Gasteiger partial charge in [0.2, 0.25) is 5.91 Å². The van der Waals surface area contributed by atoms with E-state index in [0.29, 0.717) is 18.0 Å². The summed E-state index contributed by atoms with van der Waals surface area (Å²) in [6.07, 6.45) is 1.05. The molecule has 0 radical (unpaired) electrons. The van der Waals surface area contributed by atoms with Crippen molar-refractivity contribution in [2.75, 3.05) is 25.0 Å². The van der Waals surface area contributed by atoms with Crippen LogP contribution < -0.4 is 16.0 Å². The van der Waals surface area contributed by atoms with Crippen LogP contribution in [-0.2, 0) is 11.3 Å². The molecule has 0 spiro atoms. The molecule has 1 amide bonds. The third kappa shape index (κ3) is 7.60. The first-order chi connectivity index (χ1) is 14.1. The van der Waals surface area contributed by atoms with E-state index in [1.807, 2.05) is 43.3 Å². The predicted molar refractivity (Wildman–Crippen MR) is 134 cm³/mol. The van der Waals surface area contributed by atoms with Crippen LogP contribution in [0.2, 0.25) is 0 Å². The third-order valence-electron chi connectivity index (χ3n) is 5.06. The van der Waals surface area contributed by atoms with Crippen LogP contribution in [0, 0.1) is 0 Å². The molecule has 1 fully saturated rings. The van der Waals surface area contributed by atoms with Gasteiger partial charge in [0.05, 0.1) is 0 Å². The second-order valence-electron chi connectivity index (χ2n) is 7.45. The number of amides is 1. The second-order valence-corrected chi connectivity index (χ2v) is 7.45. The lowest BCUT2D eigenvalue weighted by atomic mass is 10.2. The van der Waals surface area contributed by atoms with Gasteiger partial charge >= 0.3 is 0 Å². The minimum Gasteiger partial charge on any atom is -0.357 e. The van der Waals surface area contributed by atoms with Gasteiger partial charge in [-0.3, -0.25) is 9.69 Å². The number of halogens is 1. The number of carbonyl (C=O) groups excluding carboxylic acids is 1. The Morgan fingerprint density at radius 3 is 2.43 bits per heavy atom. The van der Waals surface area contributed by atoms with E-state index in [0.717, 1.165) is 31.7 Å². The van der Waals surface area contributed by atoms with E-state index in [-0.39, 0.29) is 36.4 Å². The number of nitrogens with zero attached hydrogens (tertiary/aromatic N) is 2. The number of hydrogen-bond donors (Lipinski definition) is 3. The average Bonchev–Trinajstić information content (AvgIpc) is 3.06. The van der Waals surface area contributed by atoms with Gasteiger partial charge in [0, 0.05) is 37.4 Å². The first-order valence-corrected chi connectivity index (χ1v) is 10.3. The maximum atomic E-state index is 12.2. The summed E-state index contributed by atoms with van der Waals surface area (Å²) in [5.74, 6) is 0.563. The number of carbonyl (C=O) groups is 1. The number of guanidine groups is 1. The number of rotatable bonds is 7. The monoisotopic (exact) mass is 521 g/mol. The minimum atomic E-state index is -0.126. The number of para-hydroxylation sites is 1. The van der Waals surface area contributed by atoms with Crippen molar-refractivity contribution in [3.05, 3.63) is 66.2 Å². The van der Waals surface area contributed by atoms with E-state index in [4.69, 9.17) is 0 Å².